The summed E-state index contributed by atoms with van der Waals surface area (Å²) in [5.74, 6) is -0.132. The molecule has 3 heterocycles. The van der Waals surface area contributed by atoms with Gasteiger partial charge in [0.1, 0.15) is 5.82 Å². The van der Waals surface area contributed by atoms with Crippen LogP contribution in [0.5, 0.6) is 0 Å². The molecule has 0 amide bonds. The Bertz CT molecular complexity index is 1140. The first-order valence-corrected chi connectivity index (χ1v) is 12.4. The van der Waals surface area contributed by atoms with Crippen molar-refractivity contribution in [1.29, 1.82) is 0 Å². The summed E-state index contributed by atoms with van der Waals surface area (Å²) in [5, 5.41) is 0. The summed E-state index contributed by atoms with van der Waals surface area (Å²) in [4.78, 5) is 7.73. The van der Waals surface area contributed by atoms with E-state index in [1.807, 2.05) is 75.3 Å². The summed E-state index contributed by atoms with van der Waals surface area (Å²) >= 11 is 0. The van der Waals surface area contributed by atoms with E-state index in [9.17, 15) is 4.39 Å². The van der Waals surface area contributed by atoms with E-state index in [-0.39, 0.29) is 20.7 Å². The van der Waals surface area contributed by atoms with Crippen LogP contribution in [-0.2, 0) is 0 Å². The summed E-state index contributed by atoms with van der Waals surface area (Å²) in [5.41, 5.74) is 7.18. The topological polar surface area (TPSA) is 28.8 Å². The number of allylic oxidation sites excluding steroid dienone is 2. The summed E-state index contributed by atoms with van der Waals surface area (Å²) in [7, 11) is 0. The summed E-state index contributed by atoms with van der Waals surface area (Å²) in [6.07, 6.45) is 13.1. The fraction of sp³-hybridized carbons (Fsp3) is 0.222. The number of pyridine rings is 2. The molecule has 0 saturated heterocycles. The molecule has 0 fully saturated rings. The van der Waals surface area contributed by atoms with Gasteiger partial charge in [0.25, 0.3) is 0 Å². The average Bonchev–Trinajstić information content (AvgIpc) is 2.92. The van der Waals surface area contributed by atoms with Crippen molar-refractivity contribution >= 4 is 6.72 Å². The fourth-order valence-corrected chi connectivity index (χ4v) is 2.62. The molecular formula is C36H48FN3. The largest absolute Gasteiger partial charge is 0.301 e. The zero-order valence-electron chi connectivity index (χ0n) is 23.5. The van der Waals surface area contributed by atoms with Crippen LogP contribution in [0.1, 0.15) is 49.6 Å². The first kappa shape index (κ1) is 37.8. The Morgan fingerprint density at radius 1 is 0.650 bits per heavy atom. The van der Waals surface area contributed by atoms with Crippen molar-refractivity contribution < 1.29 is 8.97 Å². The third kappa shape index (κ3) is 18.9. The van der Waals surface area contributed by atoms with Crippen molar-refractivity contribution in [2.24, 2.45) is 0 Å². The highest BCUT2D eigenvalue weighted by Gasteiger charge is 1.90. The Kier molecular flexibility index (Phi) is 21.4. The highest BCUT2D eigenvalue weighted by Crippen LogP contribution is 2.04. The summed E-state index contributed by atoms with van der Waals surface area (Å²) < 4.78 is 14.1. The number of hydrogen-bond donors (Lipinski definition) is 0. The first-order chi connectivity index (χ1) is 18.2. The Balaban J connectivity index is 0. The minimum atomic E-state index is -0.132. The molecule has 0 aliphatic carbocycles. The molecule has 4 aromatic rings. The van der Waals surface area contributed by atoms with Crippen LogP contribution >= 0.6 is 0 Å². The van der Waals surface area contributed by atoms with Gasteiger partial charge in [-0.25, -0.2) is 4.39 Å². The molecule has 1 aliphatic rings. The summed E-state index contributed by atoms with van der Waals surface area (Å²) in [6, 6.07) is 22.9. The number of aromatic nitrogens is 2. The van der Waals surface area contributed by atoms with E-state index in [4.69, 9.17) is 0 Å². The van der Waals surface area contributed by atoms with Crippen molar-refractivity contribution in [2.45, 2.75) is 56.4 Å². The molecule has 5 rings (SSSR count). The normalized spacial score (nSPS) is 10.3. The number of halogens is 1. The van der Waals surface area contributed by atoms with E-state index in [0.29, 0.717) is 5.56 Å². The molecule has 40 heavy (non-hydrogen) atoms. The minimum absolute atomic E-state index is 0. The van der Waals surface area contributed by atoms with Gasteiger partial charge in [0.2, 0.25) is 0 Å². The van der Waals surface area contributed by atoms with Crippen molar-refractivity contribution in [2.75, 3.05) is 0 Å². The van der Waals surface area contributed by atoms with Crippen LogP contribution < -0.4 is 0 Å². The highest BCUT2D eigenvalue weighted by atomic mass is 19.1. The van der Waals surface area contributed by atoms with E-state index < -0.39 is 0 Å². The second-order valence-electron chi connectivity index (χ2n) is 8.78. The van der Waals surface area contributed by atoms with E-state index in [1.165, 1.54) is 33.9 Å². The molecular weight excluding hydrogens is 493 g/mol. The SMILES string of the molecule is C.C.C=[N+]1C=CC(C)=C[CH-]1.Cc1ccccc1C.Cc1ccccc1F.Cc1cccnc1.Cc1ccncc1. The molecule has 0 N–H and O–H groups in total. The zero-order chi connectivity index (χ0) is 28.2. The maximum Gasteiger partial charge on any atom is 0.126 e. The molecule has 0 spiro atoms. The van der Waals surface area contributed by atoms with Crippen LogP contribution in [0.15, 0.2) is 122 Å². The maximum atomic E-state index is 12.3. The van der Waals surface area contributed by atoms with Gasteiger partial charge < -0.3 is 4.58 Å². The molecule has 4 heteroatoms. The van der Waals surface area contributed by atoms with Crippen LogP contribution in [0.2, 0.25) is 0 Å². The minimum Gasteiger partial charge on any atom is -0.301 e. The van der Waals surface area contributed by atoms with E-state index in [0.717, 1.165) is 0 Å². The van der Waals surface area contributed by atoms with Crippen molar-refractivity contribution in [3.05, 3.63) is 162 Å². The van der Waals surface area contributed by atoms with Gasteiger partial charge >= 0.3 is 0 Å². The molecule has 3 nitrogen and oxygen atoms in total. The van der Waals surface area contributed by atoms with Crippen molar-refractivity contribution in [1.82, 2.24) is 9.97 Å². The third-order valence-electron chi connectivity index (χ3n) is 5.22. The van der Waals surface area contributed by atoms with E-state index in [1.54, 1.807) is 42.2 Å². The average molecular weight is 542 g/mol. The van der Waals surface area contributed by atoms with Crippen LogP contribution in [0.3, 0.4) is 0 Å². The van der Waals surface area contributed by atoms with Crippen molar-refractivity contribution in [3.8, 4) is 0 Å². The molecule has 2 aromatic carbocycles. The van der Waals surface area contributed by atoms with Gasteiger partial charge in [0.05, 0.1) is 19.5 Å². The Hall–Kier alpha value is -4.31. The highest BCUT2D eigenvalue weighted by molar-refractivity contribution is 5.24. The van der Waals surface area contributed by atoms with E-state index in [2.05, 4.69) is 61.7 Å². The van der Waals surface area contributed by atoms with Crippen LogP contribution in [0.4, 0.5) is 4.39 Å². The molecule has 1 aliphatic heterocycles. The number of benzene rings is 2. The lowest BCUT2D eigenvalue weighted by molar-refractivity contribution is -0.395. The number of rotatable bonds is 0. The smallest absolute Gasteiger partial charge is 0.126 e. The van der Waals surface area contributed by atoms with Gasteiger partial charge in [-0.15, -0.1) is 5.57 Å². The second-order valence-corrected chi connectivity index (χ2v) is 8.78. The molecule has 0 atom stereocenters. The Morgan fingerprint density at radius 3 is 1.48 bits per heavy atom. The van der Waals surface area contributed by atoms with Gasteiger partial charge in [-0.1, -0.05) is 82.5 Å². The number of aryl methyl sites for hydroxylation is 5. The molecule has 0 unspecified atom stereocenters. The first-order valence-electron chi connectivity index (χ1n) is 12.4. The quantitative estimate of drug-likeness (QED) is 0.164. The Labute approximate surface area is 243 Å². The van der Waals surface area contributed by atoms with Gasteiger partial charge in [-0.2, -0.15) is 0 Å². The van der Waals surface area contributed by atoms with E-state index >= 15 is 0 Å². The van der Waals surface area contributed by atoms with Crippen LogP contribution in [-0.4, -0.2) is 21.3 Å². The van der Waals surface area contributed by atoms with Gasteiger partial charge in [-0.05, 0) is 86.7 Å². The lowest BCUT2D eigenvalue weighted by Gasteiger charge is -2.04. The van der Waals surface area contributed by atoms with Crippen LogP contribution in [0, 0.1) is 47.0 Å². The van der Waals surface area contributed by atoms with Gasteiger partial charge in [-0.3, -0.25) is 9.97 Å². The number of hydrogen-bond acceptors (Lipinski definition) is 2. The molecule has 2 aromatic heterocycles. The zero-order valence-corrected chi connectivity index (χ0v) is 23.5. The predicted octanol–water partition coefficient (Wildman–Crippen LogP) is 9.82. The standard InChI is InChI=1S/C8H10.C7H7F.C7H9N.2C6H7N.2CH4/c1-7-5-3-4-6-8(7)2;1-6-4-2-3-5-7(6)8;1-7-3-5-8(2)6-4-7;1-6-2-4-7-5-3-6;1-6-3-2-4-7-5-6;;/h3-6H,1-2H3;2-5H,1H3;3-6H,2H2,1H3;2*2-5H,1H3;2*1H4. The maximum absolute atomic E-state index is 12.3. The van der Waals surface area contributed by atoms with Gasteiger partial charge in [0.15, 0.2) is 0 Å². The second kappa shape index (κ2) is 22.7. The molecule has 214 valence electrons. The van der Waals surface area contributed by atoms with Gasteiger partial charge in [0, 0.05) is 24.8 Å². The van der Waals surface area contributed by atoms with Crippen molar-refractivity contribution in [3.63, 3.8) is 0 Å². The monoisotopic (exact) mass is 541 g/mol. The lowest BCUT2D eigenvalue weighted by atomic mass is 10.1. The van der Waals surface area contributed by atoms with Crippen LogP contribution in [0.25, 0.3) is 0 Å². The molecule has 0 saturated carbocycles. The Morgan fingerprint density at radius 2 is 1.20 bits per heavy atom. The fourth-order valence-electron chi connectivity index (χ4n) is 2.62. The number of nitrogens with zero attached hydrogens (tertiary/aromatic N) is 3. The summed E-state index contributed by atoms with van der Waals surface area (Å²) in [6.45, 7) is 17.7. The lowest BCUT2D eigenvalue weighted by Crippen LogP contribution is -1.97. The predicted molar refractivity (Wildman–Crippen MR) is 173 cm³/mol. The third-order valence-corrected chi connectivity index (χ3v) is 5.22. The molecule has 0 bridgehead atoms. The molecule has 0 radical (unpaired) electrons.